The molecule has 1 fully saturated rings. The zero-order valence-corrected chi connectivity index (χ0v) is 8.67. The Morgan fingerprint density at radius 3 is 2.33 bits per heavy atom. The Kier molecular flexibility index (Phi) is 2.63. The summed E-state index contributed by atoms with van der Waals surface area (Å²) in [5.74, 6) is -2.46. The first-order valence-corrected chi connectivity index (χ1v) is 5.25. The van der Waals surface area contributed by atoms with E-state index in [1.807, 2.05) is 6.92 Å². The average molecular weight is 212 g/mol. The predicted molar refractivity (Wildman–Crippen MR) is 54.2 cm³/mol. The van der Waals surface area contributed by atoms with Gasteiger partial charge in [-0.2, -0.15) is 0 Å². The van der Waals surface area contributed by atoms with Crippen LogP contribution < -0.4 is 4.74 Å². The molecule has 0 N–H and O–H groups in total. The molecule has 0 aromatic heterocycles. The Morgan fingerprint density at radius 2 is 1.87 bits per heavy atom. The van der Waals surface area contributed by atoms with E-state index in [2.05, 4.69) is 0 Å². The lowest BCUT2D eigenvalue weighted by Crippen LogP contribution is -2.15. The molecule has 1 nitrogen and oxygen atoms in total. The second-order valence-corrected chi connectivity index (χ2v) is 3.85. The van der Waals surface area contributed by atoms with Gasteiger partial charge in [0.2, 0.25) is 0 Å². The smallest absolute Gasteiger partial charge is 0.276 e. The minimum Gasteiger partial charge on any atom is -0.494 e. The molecule has 0 saturated heterocycles. The molecule has 82 valence electrons. The minimum absolute atomic E-state index is 0.105. The van der Waals surface area contributed by atoms with Gasteiger partial charge in [-0.3, -0.25) is 0 Å². The summed E-state index contributed by atoms with van der Waals surface area (Å²) in [6.07, 6.45) is 1.28. The molecule has 0 spiro atoms. The van der Waals surface area contributed by atoms with Gasteiger partial charge in [0.25, 0.3) is 5.92 Å². The van der Waals surface area contributed by atoms with Gasteiger partial charge in [-0.1, -0.05) is 0 Å². The lowest BCUT2D eigenvalue weighted by atomic mass is 10.0. The quantitative estimate of drug-likeness (QED) is 0.741. The highest BCUT2D eigenvalue weighted by molar-refractivity contribution is 5.30. The zero-order chi connectivity index (χ0) is 10.9. The molecule has 0 atom stereocenters. The predicted octanol–water partition coefficient (Wildman–Crippen LogP) is 3.59. The lowest BCUT2D eigenvalue weighted by Gasteiger charge is -2.16. The van der Waals surface area contributed by atoms with Crippen LogP contribution in [-0.4, -0.2) is 6.61 Å². The molecule has 1 aromatic rings. The van der Waals surface area contributed by atoms with Gasteiger partial charge >= 0.3 is 0 Å². The molecule has 1 saturated carbocycles. The summed E-state index contributed by atoms with van der Waals surface area (Å²) < 4.78 is 32.4. The van der Waals surface area contributed by atoms with Crippen molar-refractivity contribution >= 4 is 0 Å². The largest absolute Gasteiger partial charge is 0.494 e. The summed E-state index contributed by atoms with van der Waals surface area (Å²) in [5, 5.41) is 0. The van der Waals surface area contributed by atoms with Crippen LogP contribution in [0.3, 0.4) is 0 Å². The number of alkyl halides is 2. The number of halogens is 2. The molecule has 0 bridgehead atoms. The van der Waals surface area contributed by atoms with Crippen LogP contribution in [0.4, 0.5) is 8.78 Å². The topological polar surface area (TPSA) is 9.23 Å². The van der Waals surface area contributed by atoms with E-state index < -0.39 is 11.8 Å². The van der Waals surface area contributed by atoms with E-state index >= 15 is 0 Å². The van der Waals surface area contributed by atoms with Crippen molar-refractivity contribution in [3.8, 4) is 5.75 Å². The van der Waals surface area contributed by atoms with Gasteiger partial charge in [0.05, 0.1) is 6.61 Å². The van der Waals surface area contributed by atoms with E-state index in [1.54, 1.807) is 12.1 Å². The normalized spacial score (nSPS) is 16.5. The Morgan fingerprint density at radius 1 is 1.27 bits per heavy atom. The average Bonchev–Trinajstić information content (AvgIpc) is 3.02. The molecule has 0 aliphatic heterocycles. The SMILES string of the molecule is CCOc1ccc(C(F)(F)C2CC2)cc1. The van der Waals surface area contributed by atoms with Crippen LogP contribution in [0, 0.1) is 5.92 Å². The van der Waals surface area contributed by atoms with Crippen LogP contribution in [-0.2, 0) is 5.92 Å². The van der Waals surface area contributed by atoms with Crippen molar-refractivity contribution in [3.05, 3.63) is 29.8 Å². The highest BCUT2D eigenvalue weighted by Gasteiger charge is 2.47. The second-order valence-electron chi connectivity index (χ2n) is 3.85. The zero-order valence-electron chi connectivity index (χ0n) is 8.67. The second kappa shape index (κ2) is 3.80. The molecule has 1 aliphatic carbocycles. The Labute approximate surface area is 88.1 Å². The molecular weight excluding hydrogens is 198 g/mol. The maximum absolute atomic E-state index is 13.6. The lowest BCUT2D eigenvalue weighted by molar-refractivity contribution is -0.0285. The number of hydrogen-bond acceptors (Lipinski definition) is 1. The third kappa shape index (κ3) is 2.11. The molecule has 1 aliphatic rings. The van der Waals surface area contributed by atoms with Crippen molar-refractivity contribution in [2.75, 3.05) is 6.61 Å². The summed E-state index contributed by atoms with van der Waals surface area (Å²) in [6.45, 7) is 2.42. The molecule has 0 heterocycles. The third-order valence-corrected chi connectivity index (χ3v) is 2.64. The van der Waals surface area contributed by atoms with Crippen molar-refractivity contribution in [2.45, 2.75) is 25.7 Å². The molecular formula is C12H14F2O. The summed E-state index contributed by atoms with van der Waals surface area (Å²) in [5.41, 5.74) is 0.105. The fraction of sp³-hybridized carbons (Fsp3) is 0.500. The van der Waals surface area contributed by atoms with Crippen molar-refractivity contribution < 1.29 is 13.5 Å². The highest BCUT2D eigenvalue weighted by atomic mass is 19.3. The summed E-state index contributed by atoms with van der Waals surface area (Å²) in [6, 6.07) is 6.14. The molecule has 2 rings (SSSR count). The fourth-order valence-corrected chi connectivity index (χ4v) is 1.62. The Balaban J connectivity index is 2.15. The Hall–Kier alpha value is -1.12. The van der Waals surface area contributed by atoms with E-state index in [0.717, 1.165) is 0 Å². The fourth-order valence-electron chi connectivity index (χ4n) is 1.62. The van der Waals surface area contributed by atoms with Crippen LogP contribution in [0.2, 0.25) is 0 Å². The minimum atomic E-state index is -2.66. The Bertz CT molecular complexity index is 328. The van der Waals surface area contributed by atoms with E-state index in [0.29, 0.717) is 25.2 Å². The van der Waals surface area contributed by atoms with Gasteiger partial charge < -0.3 is 4.74 Å². The summed E-state index contributed by atoms with van der Waals surface area (Å²) >= 11 is 0. The third-order valence-electron chi connectivity index (χ3n) is 2.64. The number of rotatable bonds is 4. The first-order valence-electron chi connectivity index (χ1n) is 5.25. The van der Waals surface area contributed by atoms with E-state index in [4.69, 9.17) is 4.74 Å². The summed E-state index contributed by atoms with van der Waals surface area (Å²) in [7, 11) is 0. The van der Waals surface area contributed by atoms with E-state index in [1.165, 1.54) is 12.1 Å². The molecule has 1 aromatic carbocycles. The van der Waals surface area contributed by atoms with Crippen LogP contribution in [0.15, 0.2) is 24.3 Å². The van der Waals surface area contributed by atoms with Gasteiger partial charge in [0.15, 0.2) is 0 Å². The van der Waals surface area contributed by atoms with Gasteiger partial charge in [-0.15, -0.1) is 0 Å². The summed E-state index contributed by atoms with van der Waals surface area (Å²) in [4.78, 5) is 0. The van der Waals surface area contributed by atoms with Gasteiger partial charge in [0.1, 0.15) is 5.75 Å². The van der Waals surface area contributed by atoms with Gasteiger partial charge in [-0.25, -0.2) is 8.78 Å². The van der Waals surface area contributed by atoms with Crippen molar-refractivity contribution in [1.82, 2.24) is 0 Å². The van der Waals surface area contributed by atoms with E-state index in [-0.39, 0.29) is 5.56 Å². The first-order chi connectivity index (χ1) is 7.14. The first kappa shape index (κ1) is 10.4. The molecule has 15 heavy (non-hydrogen) atoms. The number of hydrogen-bond donors (Lipinski definition) is 0. The molecule has 0 amide bonds. The van der Waals surface area contributed by atoms with Gasteiger partial charge in [-0.05, 0) is 44.0 Å². The molecule has 3 heteroatoms. The van der Waals surface area contributed by atoms with Crippen LogP contribution in [0.1, 0.15) is 25.3 Å². The maximum atomic E-state index is 13.6. The van der Waals surface area contributed by atoms with Crippen LogP contribution in [0.5, 0.6) is 5.75 Å². The standard InChI is InChI=1S/C12H14F2O/c1-2-15-11-7-5-10(6-8-11)12(13,14)9-3-4-9/h5-9H,2-4H2,1H3. The molecule has 0 radical (unpaired) electrons. The maximum Gasteiger partial charge on any atom is 0.276 e. The van der Waals surface area contributed by atoms with E-state index in [9.17, 15) is 8.78 Å². The van der Waals surface area contributed by atoms with Crippen LogP contribution in [0.25, 0.3) is 0 Å². The molecule has 0 unspecified atom stereocenters. The number of ether oxygens (including phenoxy) is 1. The van der Waals surface area contributed by atoms with Crippen molar-refractivity contribution in [2.24, 2.45) is 5.92 Å². The number of benzene rings is 1. The van der Waals surface area contributed by atoms with Crippen molar-refractivity contribution in [1.29, 1.82) is 0 Å². The van der Waals surface area contributed by atoms with Gasteiger partial charge in [0, 0.05) is 11.5 Å². The monoisotopic (exact) mass is 212 g/mol. The van der Waals surface area contributed by atoms with Crippen LogP contribution >= 0.6 is 0 Å². The highest BCUT2D eigenvalue weighted by Crippen LogP contribution is 2.49. The van der Waals surface area contributed by atoms with Crippen molar-refractivity contribution in [3.63, 3.8) is 0 Å².